The summed E-state index contributed by atoms with van der Waals surface area (Å²) in [6, 6.07) is 6.54. The van der Waals surface area contributed by atoms with E-state index in [0.717, 1.165) is 25.9 Å². The molecule has 0 unspecified atom stereocenters. The van der Waals surface area contributed by atoms with Crippen LogP contribution in [0.25, 0.3) is 0 Å². The molecule has 2 heteroatoms. The van der Waals surface area contributed by atoms with Crippen LogP contribution in [-0.4, -0.2) is 18.3 Å². The second-order valence-electron chi connectivity index (χ2n) is 4.04. The molecular weight excluding hydrogens is 186 g/mol. The molecule has 0 aromatic heterocycles. The van der Waals surface area contributed by atoms with Gasteiger partial charge in [-0.05, 0) is 44.4 Å². The zero-order valence-electron chi connectivity index (χ0n) is 9.71. The van der Waals surface area contributed by atoms with Crippen LogP contribution < -0.4 is 5.32 Å². The van der Waals surface area contributed by atoms with Crippen LogP contribution in [0, 0.1) is 13.8 Å². The standard InChI is InChI=1S/C13H21NO/c1-11-5-6-12(2)13(9-11)10-14-7-3-4-8-15/h5-6,9,14-15H,3-4,7-8,10H2,1-2H3. The van der Waals surface area contributed by atoms with Crippen molar-refractivity contribution in [1.82, 2.24) is 5.32 Å². The Balaban J connectivity index is 2.33. The molecule has 0 aliphatic carbocycles. The van der Waals surface area contributed by atoms with E-state index in [1.807, 2.05) is 0 Å². The van der Waals surface area contributed by atoms with Crippen molar-refractivity contribution in [2.24, 2.45) is 0 Å². The van der Waals surface area contributed by atoms with Gasteiger partial charge in [0, 0.05) is 13.2 Å². The Labute approximate surface area is 92.3 Å². The minimum Gasteiger partial charge on any atom is -0.396 e. The van der Waals surface area contributed by atoms with E-state index in [-0.39, 0.29) is 0 Å². The van der Waals surface area contributed by atoms with E-state index in [4.69, 9.17) is 5.11 Å². The highest BCUT2D eigenvalue weighted by Crippen LogP contribution is 2.10. The van der Waals surface area contributed by atoms with E-state index >= 15 is 0 Å². The molecule has 2 N–H and O–H groups in total. The lowest BCUT2D eigenvalue weighted by atomic mass is 10.1. The van der Waals surface area contributed by atoms with Gasteiger partial charge in [-0.2, -0.15) is 0 Å². The van der Waals surface area contributed by atoms with Gasteiger partial charge in [-0.15, -0.1) is 0 Å². The average molecular weight is 207 g/mol. The summed E-state index contributed by atoms with van der Waals surface area (Å²) in [4.78, 5) is 0. The Morgan fingerprint density at radius 1 is 1.20 bits per heavy atom. The number of rotatable bonds is 6. The second-order valence-corrected chi connectivity index (χ2v) is 4.04. The molecule has 0 fully saturated rings. The molecule has 15 heavy (non-hydrogen) atoms. The summed E-state index contributed by atoms with van der Waals surface area (Å²) in [6.07, 6.45) is 1.93. The van der Waals surface area contributed by atoms with Crippen molar-refractivity contribution >= 4 is 0 Å². The number of aliphatic hydroxyl groups excluding tert-OH is 1. The quantitative estimate of drug-likeness (QED) is 0.701. The summed E-state index contributed by atoms with van der Waals surface area (Å²) < 4.78 is 0. The van der Waals surface area contributed by atoms with Gasteiger partial charge in [0.2, 0.25) is 0 Å². The van der Waals surface area contributed by atoms with Crippen LogP contribution in [0.5, 0.6) is 0 Å². The number of benzene rings is 1. The third kappa shape index (κ3) is 4.45. The molecule has 1 aromatic rings. The fourth-order valence-electron chi connectivity index (χ4n) is 1.58. The number of unbranched alkanes of at least 4 members (excludes halogenated alkanes) is 1. The first-order valence-corrected chi connectivity index (χ1v) is 5.61. The maximum atomic E-state index is 8.64. The Morgan fingerprint density at radius 3 is 2.73 bits per heavy atom. The van der Waals surface area contributed by atoms with Gasteiger partial charge in [0.15, 0.2) is 0 Å². The third-order valence-corrected chi connectivity index (χ3v) is 2.58. The molecular formula is C13H21NO. The highest BCUT2D eigenvalue weighted by atomic mass is 16.2. The van der Waals surface area contributed by atoms with E-state index in [1.165, 1.54) is 16.7 Å². The van der Waals surface area contributed by atoms with E-state index in [9.17, 15) is 0 Å². The average Bonchev–Trinajstić information content (AvgIpc) is 2.23. The fraction of sp³-hybridized carbons (Fsp3) is 0.538. The zero-order chi connectivity index (χ0) is 11.1. The first-order chi connectivity index (χ1) is 7.24. The van der Waals surface area contributed by atoms with Crippen LogP contribution in [-0.2, 0) is 6.54 Å². The molecule has 0 heterocycles. The van der Waals surface area contributed by atoms with Crippen LogP contribution in [0.1, 0.15) is 29.5 Å². The molecule has 0 aliphatic heterocycles. The summed E-state index contributed by atoms with van der Waals surface area (Å²) in [6.45, 7) is 6.47. The fourth-order valence-corrected chi connectivity index (χ4v) is 1.58. The normalized spacial score (nSPS) is 10.6. The Hall–Kier alpha value is -0.860. The molecule has 0 bridgehead atoms. The first-order valence-electron chi connectivity index (χ1n) is 5.61. The van der Waals surface area contributed by atoms with Crippen molar-refractivity contribution in [2.75, 3.05) is 13.2 Å². The monoisotopic (exact) mass is 207 g/mol. The smallest absolute Gasteiger partial charge is 0.0431 e. The molecule has 0 saturated heterocycles. The number of hydrogen-bond acceptors (Lipinski definition) is 2. The molecule has 0 atom stereocenters. The van der Waals surface area contributed by atoms with Crippen LogP contribution in [0.15, 0.2) is 18.2 Å². The minimum absolute atomic E-state index is 0.297. The molecule has 0 saturated carbocycles. The Kier molecular flexibility index (Phi) is 5.37. The van der Waals surface area contributed by atoms with E-state index in [0.29, 0.717) is 6.61 Å². The van der Waals surface area contributed by atoms with Crippen molar-refractivity contribution in [1.29, 1.82) is 0 Å². The SMILES string of the molecule is Cc1ccc(C)c(CNCCCCO)c1. The Morgan fingerprint density at radius 2 is 2.00 bits per heavy atom. The highest BCUT2D eigenvalue weighted by Gasteiger charge is 1.97. The molecule has 1 rings (SSSR count). The molecule has 0 radical (unpaired) electrons. The van der Waals surface area contributed by atoms with E-state index in [1.54, 1.807) is 0 Å². The van der Waals surface area contributed by atoms with Gasteiger partial charge in [-0.3, -0.25) is 0 Å². The predicted octanol–water partition coefficient (Wildman–Crippen LogP) is 2.17. The van der Waals surface area contributed by atoms with Gasteiger partial charge in [0.05, 0.1) is 0 Å². The number of aliphatic hydroxyl groups is 1. The summed E-state index contributed by atoms with van der Waals surface area (Å²) >= 11 is 0. The van der Waals surface area contributed by atoms with Crippen LogP contribution in [0.2, 0.25) is 0 Å². The van der Waals surface area contributed by atoms with Gasteiger partial charge in [-0.25, -0.2) is 0 Å². The molecule has 1 aromatic carbocycles. The number of nitrogens with one attached hydrogen (secondary N) is 1. The van der Waals surface area contributed by atoms with Crippen LogP contribution >= 0.6 is 0 Å². The van der Waals surface area contributed by atoms with Crippen LogP contribution in [0.4, 0.5) is 0 Å². The lowest BCUT2D eigenvalue weighted by Gasteiger charge is -2.08. The van der Waals surface area contributed by atoms with Gasteiger partial charge in [0.1, 0.15) is 0 Å². The van der Waals surface area contributed by atoms with Crippen molar-refractivity contribution in [3.63, 3.8) is 0 Å². The van der Waals surface area contributed by atoms with Gasteiger partial charge >= 0.3 is 0 Å². The lowest BCUT2D eigenvalue weighted by molar-refractivity contribution is 0.283. The van der Waals surface area contributed by atoms with E-state index in [2.05, 4.69) is 37.4 Å². The first kappa shape index (κ1) is 12.2. The van der Waals surface area contributed by atoms with Crippen molar-refractivity contribution in [2.45, 2.75) is 33.2 Å². The Bertz CT molecular complexity index is 297. The second kappa shape index (κ2) is 6.59. The summed E-state index contributed by atoms with van der Waals surface area (Å²) in [5.74, 6) is 0. The van der Waals surface area contributed by atoms with Crippen molar-refractivity contribution in [3.05, 3.63) is 34.9 Å². The van der Waals surface area contributed by atoms with Crippen molar-refractivity contribution < 1.29 is 5.11 Å². The summed E-state index contributed by atoms with van der Waals surface area (Å²) in [5, 5.41) is 12.0. The summed E-state index contributed by atoms with van der Waals surface area (Å²) in [5.41, 5.74) is 4.03. The zero-order valence-corrected chi connectivity index (χ0v) is 9.71. The van der Waals surface area contributed by atoms with Gasteiger partial charge in [0.25, 0.3) is 0 Å². The predicted molar refractivity (Wildman–Crippen MR) is 63.9 cm³/mol. The third-order valence-electron chi connectivity index (χ3n) is 2.58. The van der Waals surface area contributed by atoms with E-state index < -0.39 is 0 Å². The maximum Gasteiger partial charge on any atom is 0.0431 e. The molecule has 0 amide bonds. The largest absolute Gasteiger partial charge is 0.396 e. The lowest BCUT2D eigenvalue weighted by Crippen LogP contribution is -2.15. The molecule has 0 spiro atoms. The number of aryl methyl sites for hydroxylation is 2. The molecule has 84 valence electrons. The highest BCUT2D eigenvalue weighted by molar-refractivity contribution is 5.30. The topological polar surface area (TPSA) is 32.3 Å². The summed E-state index contributed by atoms with van der Waals surface area (Å²) in [7, 11) is 0. The number of hydrogen-bond donors (Lipinski definition) is 2. The molecule has 2 nitrogen and oxygen atoms in total. The minimum atomic E-state index is 0.297. The molecule has 0 aliphatic rings. The van der Waals surface area contributed by atoms with Crippen LogP contribution in [0.3, 0.4) is 0 Å². The van der Waals surface area contributed by atoms with Crippen molar-refractivity contribution in [3.8, 4) is 0 Å². The maximum absolute atomic E-state index is 8.64. The van der Waals surface area contributed by atoms with Gasteiger partial charge < -0.3 is 10.4 Å². The van der Waals surface area contributed by atoms with Gasteiger partial charge in [-0.1, -0.05) is 23.8 Å².